The molecule has 2 aliphatic rings. The molecule has 0 saturated carbocycles. The van der Waals surface area contributed by atoms with Gasteiger partial charge in [-0.15, -0.1) is 0 Å². The van der Waals surface area contributed by atoms with E-state index in [1.165, 1.54) is 22.3 Å². The van der Waals surface area contributed by atoms with Crippen LogP contribution in [0.5, 0.6) is 17.2 Å². The summed E-state index contributed by atoms with van der Waals surface area (Å²) in [6, 6.07) is 21.1. The molecule has 162 valence electrons. The van der Waals surface area contributed by atoms with Gasteiger partial charge in [0.25, 0.3) is 0 Å². The van der Waals surface area contributed by atoms with Gasteiger partial charge in [-0.1, -0.05) is 36.4 Å². The van der Waals surface area contributed by atoms with Gasteiger partial charge in [0.15, 0.2) is 0 Å². The molecule has 2 aliphatic heterocycles. The largest absolute Gasteiger partial charge is 0.494 e. The van der Waals surface area contributed by atoms with Crippen LogP contribution in [0.4, 0.5) is 0 Å². The van der Waals surface area contributed by atoms with Crippen LogP contribution in [0.15, 0.2) is 66.7 Å². The van der Waals surface area contributed by atoms with E-state index in [4.69, 9.17) is 14.2 Å². The molecule has 2 heterocycles. The van der Waals surface area contributed by atoms with Gasteiger partial charge >= 0.3 is 0 Å². The smallest absolute Gasteiger partial charge is 0.137 e. The Morgan fingerprint density at radius 1 is 1.00 bits per heavy atom. The molecule has 0 unspecified atom stereocenters. The average Bonchev–Trinajstić information content (AvgIpc) is 2.79. The maximum absolute atomic E-state index is 6.31. The van der Waals surface area contributed by atoms with Crippen LogP contribution in [0.25, 0.3) is 17.7 Å². The Morgan fingerprint density at radius 3 is 2.66 bits per heavy atom. The molecule has 0 aromatic heterocycles. The molecule has 0 aliphatic carbocycles. The monoisotopic (exact) mass is 424 g/mol. The second-order valence-electron chi connectivity index (χ2n) is 8.81. The summed E-state index contributed by atoms with van der Waals surface area (Å²) in [6.45, 7) is 7.31. The molecule has 5 rings (SSSR count). The van der Waals surface area contributed by atoms with Crippen molar-refractivity contribution < 1.29 is 14.2 Å². The fourth-order valence-corrected chi connectivity index (χ4v) is 4.36. The van der Waals surface area contributed by atoms with Crippen molar-refractivity contribution in [2.45, 2.75) is 32.8 Å². The zero-order chi connectivity index (χ0) is 22.1. The Balaban J connectivity index is 1.54. The second kappa shape index (κ2) is 8.23. The number of ether oxygens (including phenoxy) is 3. The summed E-state index contributed by atoms with van der Waals surface area (Å²) in [4.78, 5) is 0. The lowest BCUT2D eigenvalue weighted by Gasteiger charge is -2.30. The highest BCUT2D eigenvalue weighted by atomic mass is 16.5. The van der Waals surface area contributed by atoms with Crippen molar-refractivity contribution in [3.8, 4) is 17.2 Å². The highest BCUT2D eigenvalue weighted by molar-refractivity contribution is 5.89. The van der Waals surface area contributed by atoms with E-state index in [0.717, 1.165) is 34.8 Å². The summed E-state index contributed by atoms with van der Waals surface area (Å²) in [6.07, 6.45) is 7.30. The first-order valence-corrected chi connectivity index (χ1v) is 11.2. The fraction of sp³-hybridized carbons (Fsp3) is 0.241. The molecule has 0 fully saturated rings. The first-order valence-electron chi connectivity index (χ1n) is 11.2. The van der Waals surface area contributed by atoms with Gasteiger partial charge in [0.05, 0.1) is 12.2 Å². The number of benzene rings is 3. The van der Waals surface area contributed by atoms with Crippen molar-refractivity contribution in [2.75, 3.05) is 13.2 Å². The van der Waals surface area contributed by atoms with Gasteiger partial charge in [-0.05, 0) is 91.9 Å². The Kier molecular flexibility index (Phi) is 5.26. The maximum Gasteiger partial charge on any atom is 0.137 e. The van der Waals surface area contributed by atoms with Crippen LogP contribution in [0, 0.1) is 0 Å². The Labute approximate surface area is 190 Å². The third kappa shape index (κ3) is 4.03. The van der Waals surface area contributed by atoms with E-state index >= 15 is 0 Å². The van der Waals surface area contributed by atoms with E-state index in [0.29, 0.717) is 13.2 Å². The molecule has 0 atom stereocenters. The van der Waals surface area contributed by atoms with Crippen molar-refractivity contribution in [1.29, 1.82) is 0 Å². The summed E-state index contributed by atoms with van der Waals surface area (Å²) in [5, 5.41) is 0. The molecule has 3 heteroatoms. The van der Waals surface area contributed by atoms with Crippen LogP contribution in [0.3, 0.4) is 0 Å². The maximum atomic E-state index is 6.31. The summed E-state index contributed by atoms with van der Waals surface area (Å²) in [5.41, 5.74) is 6.69. The highest BCUT2D eigenvalue weighted by Gasteiger charge is 2.26. The minimum absolute atomic E-state index is 0.300. The van der Waals surface area contributed by atoms with Crippen molar-refractivity contribution in [2.24, 2.45) is 0 Å². The Bertz CT molecular complexity index is 1200. The minimum Gasteiger partial charge on any atom is -0.494 e. The molecule has 0 N–H and O–H groups in total. The molecule has 3 aromatic rings. The summed E-state index contributed by atoms with van der Waals surface area (Å²) >= 11 is 0. The summed E-state index contributed by atoms with van der Waals surface area (Å²) in [5.74, 6) is 2.67. The van der Waals surface area contributed by atoms with Gasteiger partial charge in [-0.3, -0.25) is 0 Å². The molecule has 0 spiro atoms. The quantitative estimate of drug-likeness (QED) is 0.451. The fourth-order valence-electron chi connectivity index (χ4n) is 4.36. The Hall–Kier alpha value is -3.46. The van der Waals surface area contributed by atoms with Crippen LogP contribution < -0.4 is 14.2 Å². The Morgan fingerprint density at radius 2 is 1.84 bits per heavy atom. The van der Waals surface area contributed by atoms with Gasteiger partial charge < -0.3 is 14.2 Å². The van der Waals surface area contributed by atoms with Gasteiger partial charge in [-0.25, -0.2) is 0 Å². The lowest BCUT2D eigenvalue weighted by molar-refractivity contribution is 0.158. The molecule has 3 aromatic carbocycles. The molecule has 0 amide bonds. The standard InChI is InChI=1S/C29H28O3/c1-4-30-24-11-12-25(22(18-24)16-20-8-6-5-7-9-20)23-17-21-10-13-27-26(28(21)31-19-23)14-15-29(2,3)32-27/h5-15,17-18H,4,16,19H2,1-3H3. The third-order valence-corrected chi connectivity index (χ3v) is 5.88. The van der Waals surface area contributed by atoms with Crippen LogP contribution in [0.1, 0.15) is 48.6 Å². The van der Waals surface area contributed by atoms with Crippen molar-refractivity contribution in [3.63, 3.8) is 0 Å². The average molecular weight is 425 g/mol. The van der Waals surface area contributed by atoms with Crippen molar-refractivity contribution >= 4 is 17.7 Å². The molecule has 3 nitrogen and oxygen atoms in total. The van der Waals surface area contributed by atoms with Gasteiger partial charge in [0.2, 0.25) is 0 Å². The van der Waals surface area contributed by atoms with Crippen LogP contribution in [0.2, 0.25) is 0 Å². The molecular weight excluding hydrogens is 396 g/mol. The predicted molar refractivity (Wildman–Crippen MR) is 130 cm³/mol. The topological polar surface area (TPSA) is 27.7 Å². The first-order chi connectivity index (χ1) is 15.5. The number of rotatable bonds is 5. The van der Waals surface area contributed by atoms with Crippen LogP contribution >= 0.6 is 0 Å². The zero-order valence-corrected chi connectivity index (χ0v) is 18.9. The number of fused-ring (bicyclic) bond motifs is 3. The van der Waals surface area contributed by atoms with Crippen LogP contribution in [-0.4, -0.2) is 18.8 Å². The van der Waals surface area contributed by atoms with Crippen molar-refractivity contribution in [1.82, 2.24) is 0 Å². The predicted octanol–water partition coefficient (Wildman–Crippen LogP) is 6.79. The molecule has 0 saturated heterocycles. The van der Waals surface area contributed by atoms with E-state index in [2.05, 4.69) is 86.7 Å². The van der Waals surface area contributed by atoms with E-state index in [9.17, 15) is 0 Å². The van der Waals surface area contributed by atoms with E-state index in [1.54, 1.807) is 0 Å². The molecule has 0 radical (unpaired) electrons. The summed E-state index contributed by atoms with van der Waals surface area (Å²) in [7, 11) is 0. The van der Waals surface area contributed by atoms with Gasteiger partial charge in [0, 0.05) is 5.56 Å². The van der Waals surface area contributed by atoms with Crippen LogP contribution in [-0.2, 0) is 6.42 Å². The molecule has 32 heavy (non-hydrogen) atoms. The summed E-state index contributed by atoms with van der Waals surface area (Å²) < 4.78 is 18.2. The first kappa shape index (κ1) is 20.4. The number of hydrogen-bond donors (Lipinski definition) is 0. The third-order valence-electron chi connectivity index (χ3n) is 5.88. The lowest BCUT2D eigenvalue weighted by Crippen LogP contribution is -2.27. The molecular formula is C29H28O3. The normalized spacial score (nSPS) is 15.7. The molecule has 0 bridgehead atoms. The lowest BCUT2D eigenvalue weighted by atomic mass is 9.91. The van der Waals surface area contributed by atoms with Gasteiger partial charge in [-0.2, -0.15) is 0 Å². The highest BCUT2D eigenvalue weighted by Crippen LogP contribution is 2.43. The van der Waals surface area contributed by atoms with E-state index in [1.807, 2.05) is 13.0 Å². The van der Waals surface area contributed by atoms with Gasteiger partial charge in [0.1, 0.15) is 29.5 Å². The van der Waals surface area contributed by atoms with E-state index < -0.39 is 0 Å². The zero-order valence-electron chi connectivity index (χ0n) is 18.9. The number of hydrogen-bond acceptors (Lipinski definition) is 3. The van der Waals surface area contributed by atoms with E-state index in [-0.39, 0.29) is 5.60 Å². The second-order valence-corrected chi connectivity index (χ2v) is 8.81. The SMILES string of the molecule is CCOc1ccc(C2=Cc3ccc4c(c3OC2)C=CC(C)(C)O4)c(Cc2ccccc2)c1. The minimum atomic E-state index is -0.300. The van der Waals surface area contributed by atoms with Crippen molar-refractivity contribution in [3.05, 3.63) is 94.6 Å².